The third-order valence-electron chi connectivity index (χ3n) is 2.10. The standard InChI is InChI=1S/C10H12N6O/c1-7(17)9-8(4-5-15(2)3)16-10(14-13-9)11-6-12-16/h4-6H,1-3H3/b5-4+. The van der Waals surface area contributed by atoms with Gasteiger partial charge in [-0.1, -0.05) is 0 Å². The molecule has 0 saturated carbocycles. The number of carbonyl (C=O) groups excluding carboxylic acids is 1. The summed E-state index contributed by atoms with van der Waals surface area (Å²) in [6.07, 6.45) is 4.94. The van der Waals surface area contributed by atoms with Crippen LogP contribution in [0.25, 0.3) is 11.9 Å². The Balaban J connectivity index is 2.65. The van der Waals surface area contributed by atoms with Gasteiger partial charge in [-0.25, -0.2) is 0 Å². The van der Waals surface area contributed by atoms with Gasteiger partial charge in [-0.2, -0.15) is 14.6 Å². The maximum Gasteiger partial charge on any atom is 0.272 e. The average Bonchev–Trinajstić information content (AvgIpc) is 2.73. The van der Waals surface area contributed by atoms with Gasteiger partial charge < -0.3 is 4.90 Å². The van der Waals surface area contributed by atoms with E-state index in [9.17, 15) is 4.79 Å². The molecule has 2 rings (SSSR count). The minimum atomic E-state index is -0.159. The Morgan fingerprint density at radius 3 is 2.82 bits per heavy atom. The number of nitrogens with zero attached hydrogens (tertiary/aromatic N) is 6. The van der Waals surface area contributed by atoms with Crippen molar-refractivity contribution < 1.29 is 4.79 Å². The number of rotatable bonds is 3. The van der Waals surface area contributed by atoms with Crippen molar-refractivity contribution in [3.63, 3.8) is 0 Å². The second-order valence-corrected chi connectivity index (χ2v) is 3.74. The monoisotopic (exact) mass is 232 g/mol. The zero-order valence-corrected chi connectivity index (χ0v) is 9.82. The molecule has 0 atom stereocenters. The largest absolute Gasteiger partial charge is 0.383 e. The lowest BCUT2D eigenvalue weighted by Gasteiger charge is -2.05. The van der Waals surface area contributed by atoms with Crippen LogP contribution in [0.3, 0.4) is 0 Å². The zero-order chi connectivity index (χ0) is 12.4. The minimum Gasteiger partial charge on any atom is -0.383 e. The van der Waals surface area contributed by atoms with Crippen molar-refractivity contribution in [2.75, 3.05) is 14.1 Å². The summed E-state index contributed by atoms with van der Waals surface area (Å²) in [5.74, 6) is 0.210. The fraction of sp³-hybridized carbons (Fsp3) is 0.300. The first-order chi connectivity index (χ1) is 8.09. The lowest BCUT2D eigenvalue weighted by atomic mass is 10.2. The Hall–Kier alpha value is -2.31. The number of carbonyl (C=O) groups is 1. The van der Waals surface area contributed by atoms with E-state index in [0.29, 0.717) is 11.5 Å². The highest BCUT2D eigenvalue weighted by molar-refractivity contribution is 5.95. The van der Waals surface area contributed by atoms with Crippen LogP contribution in [0.5, 0.6) is 0 Å². The van der Waals surface area contributed by atoms with Crippen molar-refractivity contribution in [1.82, 2.24) is 29.7 Å². The van der Waals surface area contributed by atoms with Gasteiger partial charge in [-0.15, -0.1) is 10.2 Å². The Kier molecular flexibility index (Phi) is 2.82. The predicted octanol–water partition coefficient (Wildman–Crippen LogP) is 0.254. The van der Waals surface area contributed by atoms with Crippen molar-refractivity contribution in [2.24, 2.45) is 0 Å². The van der Waals surface area contributed by atoms with Crippen LogP contribution in [-0.4, -0.2) is 49.6 Å². The SMILES string of the molecule is CC(=O)c1nnc2ncnn2c1/C=C/N(C)C. The van der Waals surface area contributed by atoms with Crippen LogP contribution < -0.4 is 0 Å². The van der Waals surface area contributed by atoms with E-state index in [1.807, 2.05) is 25.2 Å². The van der Waals surface area contributed by atoms with Gasteiger partial charge in [-0.05, 0) is 6.08 Å². The number of aromatic nitrogens is 5. The third-order valence-corrected chi connectivity index (χ3v) is 2.10. The maximum absolute atomic E-state index is 11.5. The molecule has 0 aliphatic carbocycles. The number of hydrogen-bond donors (Lipinski definition) is 0. The number of hydrogen-bond acceptors (Lipinski definition) is 6. The summed E-state index contributed by atoms with van der Waals surface area (Å²) in [5, 5.41) is 11.7. The van der Waals surface area contributed by atoms with E-state index < -0.39 is 0 Å². The molecule has 0 saturated heterocycles. The molecule has 0 spiro atoms. The van der Waals surface area contributed by atoms with Gasteiger partial charge >= 0.3 is 0 Å². The first-order valence-electron chi connectivity index (χ1n) is 5.01. The van der Waals surface area contributed by atoms with E-state index in [0.717, 1.165) is 0 Å². The average molecular weight is 232 g/mol. The van der Waals surface area contributed by atoms with Crippen LogP contribution in [0, 0.1) is 0 Å². The lowest BCUT2D eigenvalue weighted by molar-refractivity contribution is 0.101. The normalized spacial score (nSPS) is 11.2. The number of ketones is 1. The molecule has 0 aliphatic heterocycles. The van der Waals surface area contributed by atoms with Crippen molar-refractivity contribution >= 4 is 17.6 Å². The molecule has 88 valence electrons. The summed E-state index contributed by atoms with van der Waals surface area (Å²) in [7, 11) is 3.77. The maximum atomic E-state index is 11.5. The molecule has 0 radical (unpaired) electrons. The molecular weight excluding hydrogens is 220 g/mol. The topological polar surface area (TPSA) is 76.3 Å². The molecule has 2 aromatic rings. The van der Waals surface area contributed by atoms with Gasteiger partial charge in [0.15, 0.2) is 11.5 Å². The molecule has 2 aromatic heterocycles. The third kappa shape index (κ3) is 2.12. The summed E-state index contributed by atoms with van der Waals surface area (Å²) in [5.41, 5.74) is 0.856. The molecule has 0 aliphatic rings. The highest BCUT2D eigenvalue weighted by Gasteiger charge is 2.13. The second-order valence-electron chi connectivity index (χ2n) is 3.74. The van der Waals surface area contributed by atoms with Crippen LogP contribution in [0.1, 0.15) is 23.1 Å². The van der Waals surface area contributed by atoms with Crippen LogP contribution >= 0.6 is 0 Å². The quantitative estimate of drug-likeness (QED) is 0.706. The second kappa shape index (κ2) is 4.28. The Morgan fingerprint density at radius 2 is 2.18 bits per heavy atom. The van der Waals surface area contributed by atoms with Crippen molar-refractivity contribution in [1.29, 1.82) is 0 Å². The van der Waals surface area contributed by atoms with Crippen LogP contribution in [0.4, 0.5) is 0 Å². The van der Waals surface area contributed by atoms with Crippen LogP contribution in [-0.2, 0) is 0 Å². The van der Waals surface area contributed by atoms with Crippen LogP contribution in [0.2, 0.25) is 0 Å². The van der Waals surface area contributed by atoms with Gasteiger partial charge in [0.25, 0.3) is 5.78 Å². The summed E-state index contributed by atoms with van der Waals surface area (Å²) in [4.78, 5) is 17.2. The van der Waals surface area contributed by atoms with E-state index in [1.54, 1.807) is 6.08 Å². The summed E-state index contributed by atoms with van der Waals surface area (Å²) in [6.45, 7) is 1.44. The summed E-state index contributed by atoms with van der Waals surface area (Å²) < 4.78 is 1.49. The van der Waals surface area contributed by atoms with Crippen LogP contribution in [0.15, 0.2) is 12.5 Å². The molecule has 17 heavy (non-hydrogen) atoms. The lowest BCUT2D eigenvalue weighted by Crippen LogP contribution is -2.10. The molecule has 0 fully saturated rings. The predicted molar refractivity (Wildman–Crippen MR) is 61.3 cm³/mol. The van der Waals surface area contributed by atoms with E-state index >= 15 is 0 Å². The van der Waals surface area contributed by atoms with E-state index in [2.05, 4.69) is 20.3 Å². The van der Waals surface area contributed by atoms with Gasteiger partial charge in [0.05, 0.1) is 0 Å². The molecule has 0 aromatic carbocycles. The molecule has 0 N–H and O–H groups in total. The molecular formula is C10H12N6O. The molecule has 7 heteroatoms. The Labute approximate surface area is 97.8 Å². The highest BCUT2D eigenvalue weighted by Crippen LogP contribution is 2.09. The Morgan fingerprint density at radius 1 is 1.41 bits per heavy atom. The van der Waals surface area contributed by atoms with Gasteiger partial charge in [0.2, 0.25) is 0 Å². The van der Waals surface area contributed by atoms with E-state index in [4.69, 9.17) is 0 Å². The molecule has 0 bridgehead atoms. The zero-order valence-electron chi connectivity index (χ0n) is 9.82. The first kappa shape index (κ1) is 11.2. The van der Waals surface area contributed by atoms with E-state index in [1.165, 1.54) is 17.8 Å². The minimum absolute atomic E-state index is 0.159. The summed E-state index contributed by atoms with van der Waals surface area (Å²) >= 11 is 0. The van der Waals surface area contributed by atoms with Gasteiger partial charge in [-0.3, -0.25) is 4.79 Å². The first-order valence-corrected chi connectivity index (χ1v) is 5.01. The smallest absolute Gasteiger partial charge is 0.272 e. The fourth-order valence-electron chi connectivity index (χ4n) is 1.34. The van der Waals surface area contributed by atoms with Crippen molar-refractivity contribution in [2.45, 2.75) is 6.92 Å². The molecule has 2 heterocycles. The van der Waals surface area contributed by atoms with Gasteiger partial charge in [0.1, 0.15) is 12.0 Å². The van der Waals surface area contributed by atoms with Gasteiger partial charge in [0, 0.05) is 27.2 Å². The fourth-order valence-corrected chi connectivity index (χ4v) is 1.34. The van der Waals surface area contributed by atoms with Crippen molar-refractivity contribution in [3.8, 4) is 0 Å². The highest BCUT2D eigenvalue weighted by atomic mass is 16.1. The molecule has 7 nitrogen and oxygen atoms in total. The molecule has 0 amide bonds. The molecule has 0 unspecified atom stereocenters. The number of fused-ring (bicyclic) bond motifs is 1. The summed E-state index contributed by atoms with van der Waals surface area (Å²) in [6, 6.07) is 0. The number of Topliss-reactive ketones (excluding diaryl/α,β-unsaturated/α-hetero) is 1. The Bertz CT molecular complexity index is 585. The van der Waals surface area contributed by atoms with Crippen molar-refractivity contribution in [3.05, 3.63) is 23.9 Å². The van der Waals surface area contributed by atoms with E-state index in [-0.39, 0.29) is 11.5 Å².